The zero-order valence-corrected chi connectivity index (χ0v) is 21.8. The number of ether oxygens (including phenoxy) is 1. The summed E-state index contributed by atoms with van der Waals surface area (Å²) in [5.74, 6) is -0.397. The summed E-state index contributed by atoms with van der Waals surface area (Å²) < 4.78 is 15.3. The quantitative estimate of drug-likeness (QED) is 0.0872. The van der Waals surface area contributed by atoms with Crippen LogP contribution in [-0.4, -0.2) is 63.2 Å². The average molecular weight is 488 g/mol. The number of hydrogen-bond acceptors (Lipinski definition) is 7. The van der Waals surface area contributed by atoms with Gasteiger partial charge in [0.05, 0.1) is 12.8 Å². The number of aliphatic hydroxyl groups is 3. The van der Waals surface area contributed by atoms with E-state index in [0.717, 1.165) is 0 Å². The first kappa shape index (κ1) is 45.5. The van der Waals surface area contributed by atoms with Crippen LogP contribution in [0.5, 0.6) is 0 Å². The van der Waals surface area contributed by atoms with Gasteiger partial charge in [0, 0.05) is 19.8 Å². The maximum atomic E-state index is 11.1. The molecule has 0 fully saturated rings. The second-order valence-electron chi connectivity index (χ2n) is 4.72. The Morgan fingerprint density at radius 1 is 1.04 bits per heavy atom. The minimum absolute atomic E-state index is 0. The van der Waals surface area contributed by atoms with E-state index in [4.69, 9.17) is 28.9 Å². The summed E-state index contributed by atoms with van der Waals surface area (Å²) in [4.78, 5) is 11.1. The summed E-state index contributed by atoms with van der Waals surface area (Å²) >= 11 is 0. The van der Waals surface area contributed by atoms with E-state index in [1.165, 1.54) is 14.2 Å². The Balaban J connectivity index is -0.0000000641. The molecule has 0 spiro atoms. The van der Waals surface area contributed by atoms with Crippen LogP contribution in [0.25, 0.3) is 0 Å². The van der Waals surface area contributed by atoms with Gasteiger partial charge in [-0.25, -0.2) is 4.79 Å². The fraction of sp³-hybridized carbons (Fsp3) is 0.500. The molecule has 0 aliphatic carbocycles. The third-order valence-electron chi connectivity index (χ3n) is 2.71. The van der Waals surface area contributed by atoms with Gasteiger partial charge in [0.15, 0.2) is 6.29 Å². The number of hydrogen-bond donors (Lipinski definition) is 3. The molecule has 0 bridgehead atoms. The van der Waals surface area contributed by atoms with E-state index in [9.17, 15) is 4.79 Å². The van der Waals surface area contributed by atoms with Crippen molar-refractivity contribution in [1.29, 1.82) is 0 Å². The van der Waals surface area contributed by atoms with Crippen LogP contribution < -0.4 is 0 Å². The minimum Gasteiger partial charge on any atom is -0.462 e. The number of carbonyl (C=O) groups is 1. The molecular weight excluding hydrogens is 448 g/mol. The molecule has 3 N–H and O–H groups in total. The summed E-state index contributed by atoms with van der Waals surface area (Å²) in [6.07, 6.45) is -0.841. The molecule has 0 radical (unpaired) electrons. The molecule has 0 aromatic carbocycles. The van der Waals surface area contributed by atoms with Crippen molar-refractivity contribution in [1.82, 2.24) is 0 Å². The van der Waals surface area contributed by atoms with Crippen LogP contribution in [0.15, 0.2) is 24.3 Å². The first-order valence-electron chi connectivity index (χ1n) is 6.71. The van der Waals surface area contributed by atoms with E-state index >= 15 is 0 Å². The van der Waals surface area contributed by atoms with Crippen LogP contribution in [-0.2, 0) is 44.6 Å². The van der Waals surface area contributed by atoms with Crippen molar-refractivity contribution < 1.29 is 59.9 Å². The molecule has 0 unspecified atom stereocenters. The molecule has 0 heterocycles. The molecule has 0 saturated heterocycles. The van der Waals surface area contributed by atoms with Crippen molar-refractivity contribution in [3.8, 4) is 0 Å². The molecule has 0 rings (SSSR count). The molecule has 0 amide bonds. The molecule has 0 aliphatic heterocycles. The van der Waals surface area contributed by atoms with Crippen molar-refractivity contribution in [2.75, 3.05) is 27.1 Å². The second kappa shape index (κ2) is 25.9. The third-order valence-corrected chi connectivity index (χ3v) is 5.79. The second-order valence-corrected chi connectivity index (χ2v) is 8.17. The molecule has 0 aromatic heterocycles. The van der Waals surface area contributed by atoms with Gasteiger partial charge in [0.2, 0.25) is 0 Å². The van der Waals surface area contributed by atoms with E-state index in [1.54, 1.807) is 13.8 Å². The fourth-order valence-electron chi connectivity index (χ4n) is 1.13. The van der Waals surface area contributed by atoms with Crippen molar-refractivity contribution >= 4 is 14.5 Å². The van der Waals surface area contributed by atoms with Gasteiger partial charge in [-0.05, 0) is 31.9 Å². The van der Waals surface area contributed by atoms with Gasteiger partial charge >= 0.3 is 40.7 Å². The van der Waals surface area contributed by atoms with E-state index in [1.807, 2.05) is 0 Å². The van der Waals surface area contributed by atoms with Crippen LogP contribution in [0.2, 0.25) is 6.04 Å². The normalized spacial score (nSPS) is 8.74. The van der Waals surface area contributed by atoms with Gasteiger partial charge in [-0.2, -0.15) is 0 Å². The van der Waals surface area contributed by atoms with Crippen molar-refractivity contribution in [2.45, 2.75) is 32.6 Å². The molecule has 0 aromatic rings. The smallest absolute Gasteiger partial charge is 0.462 e. The summed E-state index contributed by atoms with van der Waals surface area (Å²) in [7, 11) is 0.565. The summed E-state index contributed by atoms with van der Waals surface area (Å²) in [5, 5.41) is 25.3. The maximum Gasteiger partial charge on any atom is 4.00 e. The standard InChI is InChI=1S/C10H20O5Si.C4H8O2.4CH3.Zr/c1-9(2)10(12)15-6-5-7-16(8-11,13-3)14-4;1-3(2)4(5)6;;;;;/h11H,1,5-8H2,2-4H3;4-6H,1H2,2H3;4*1H3;/q;;4*-1;+4. The number of carbonyl (C=O) groups excluding carboxylic acids is 1. The van der Waals surface area contributed by atoms with Gasteiger partial charge in [0.1, 0.15) is 0 Å². The van der Waals surface area contributed by atoms with Crippen LogP contribution in [0.3, 0.4) is 0 Å². The molecule has 0 aliphatic rings. The zero-order valence-electron chi connectivity index (χ0n) is 18.3. The fourth-order valence-corrected chi connectivity index (χ4v) is 2.80. The Bertz CT molecular complexity index is 351. The molecule has 9 heteroatoms. The SMILES string of the molecule is C=C(C)C(=O)OCCC[Si](CO)(OC)OC.C=C(C)C(O)O.[CH3-].[CH3-].[CH3-].[CH3-].[Zr+4]. The van der Waals surface area contributed by atoms with Gasteiger partial charge in [0.25, 0.3) is 0 Å². The average Bonchev–Trinajstić information content (AvgIpc) is 2.48. The van der Waals surface area contributed by atoms with E-state index < -0.39 is 20.8 Å². The first-order chi connectivity index (χ1) is 10.2. The Kier molecular flexibility index (Phi) is 43.6. The minimum atomic E-state index is -2.47. The maximum absolute atomic E-state index is 11.1. The Morgan fingerprint density at radius 2 is 1.41 bits per heavy atom. The molecule has 0 saturated carbocycles. The van der Waals surface area contributed by atoms with Crippen molar-refractivity contribution in [2.24, 2.45) is 0 Å². The van der Waals surface area contributed by atoms with Crippen LogP contribution in [0, 0.1) is 29.7 Å². The van der Waals surface area contributed by atoms with Crippen molar-refractivity contribution in [3.05, 3.63) is 54.0 Å². The molecular formula is C18H40O7SiZr. The molecule has 27 heavy (non-hydrogen) atoms. The van der Waals surface area contributed by atoms with E-state index in [-0.39, 0.29) is 68.7 Å². The van der Waals surface area contributed by atoms with E-state index in [2.05, 4.69) is 13.2 Å². The topological polar surface area (TPSA) is 105 Å². The number of rotatable bonds is 9. The van der Waals surface area contributed by atoms with Crippen LogP contribution >= 0.6 is 0 Å². The van der Waals surface area contributed by atoms with Gasteiger partial charge < -0.3 is 58.6 Å². The largest absolute Gasteiger partial charge is 4.00 e. The van der Waals surface area contributed by atoms with Gasteiger partial charge in [-0.1, -0.05) is 13.2 Å². The van der Waals surface area contributed by atoms with Gasteiger partial charge in [-0.3, -0.25) is 0 Å². The third kappa shape index (κ3) is 23.8. The Morgan fingerprint density at radius 3 is 1.63 bits per heavy atom. The Hall–Kier alpha value is -0.150. The van der Waals surface area contributed by atoms with E-state index in [0.29, 0.717) is 23.6 Å². The molecule has 7 nitrogen and oxygen atoms in total. The van der Waals surface area contributed by atoms with Crippen LogP contribution in [0.1, 0.15) is 20.3 Å². The predicted octanol–water partition coefficient (Wildman–Crippen LogP) is 2.43. The summed E-state index contributed by atoms with van der Waals surface area (Å²) in [6, 6.07) is 0.583. The Labute approximate surface area is 187 Å². The summed E-state index contributed by atoms with van der Waals surface area (Å²) in [6.45, 7) is 10.2. The van der Waals surface area contributed by atoms with Crippen LogP contribution in [0.4, 0.5) is 0 Å². The first-order valence-corrected chi connectivity index (χ1v) is 8.94. The number of aliphatic hydroxyl groups excluding tert-OH is 2. The zero-order chi connectivity index (χ0) is 17.8. The van der Waals surface area contributed by atoms with Gasteiger partial charge in [-0.15, -0.1) is 0 Å². The summed E-state index contributed by atoms with van der Waals surface area (Å²) in [5.41, 5.74) is 0.749. The monoisotopic (exact) mass is 486 g/mol. The van der Waals surface area contributed by atoms with Crippen molar-refractivity contribution in [3.63, 3.8) is 0 Å². The molecule has 0 atom stereocenters. The molecule has 162 valence electrons. The number of esters is 1. The predicted molar refractivity (Wildman–Crippen MR) is 111 cm³/mol.